The van der Waals surface area contributed by atoms with E-state index in [1.807, 2.05) is 12.1 Å². The molecular weight excluding hydrogens is 292 g/mol. The van der Waals surface area contributed by atoms with E-state index in [4.69, 9.17) is 4.74 Å². The summed E-state index contributed by atoms with van der Waals surface area (Å²) in [6.07, 6.45) is 5.26. The molecule has 2 heterocycles. The van der Waals surface area contributed by atoms with Gasteiger partial charge in [0.05, 0.1) is 6.10 Å². The molecule has 5 nitrogen and oxygen atoms in total. The number of para-hydroxylation sites is 1. The van der Waals surface area contributed by atoms with E-state index >= 15 is 0 Å². The van der Waals surface area contributed by atoms with Gasteiger partial charge in [-0.1, -0.05) is 18.2 Å². The van der Waals surface area contributed by atoms with Gasteiger partial charge in [-0.05, 0) is 31.0 Å². The highest BCUT2D eigenvalue weighted by Crippen LogP contribution is 2.21. The number of aromatic hydroxyl groups is 1. The second-order valence-corrected chi connectivity index (χ2v) is 5.69. The van der Waals surface area contributed by atoms with Crippen molar-refractivity contribution in [2.75, 3.05) is 13.2 Å². The number of hydrogen-bond donors (Lipinski definition) is 1. The first-order valence-corrected chi connectivity index (χ1v) is 7.82. The van der Waals surface area contributed by atoms with E-state index in [0.29, 0.717) is 18.7 Å². The second kappa shape index (κ2) is 7.24. The number of phenols is 1. The van der Waals surface area contributed by atoms with Crippen molar-refractivity contribution < 1.29 is 14.6 Å². The highest BCUT2D eigenvalue weighted by Gasteiger charge is 2.24. The zero-order valence-electron chi connectivity index (χ0n) is 12.9. The van der Waals surface area contributed by atoms with E-state index in [0.717, 1.165) is 25.0 Å². The lowest BCUT2D eigenvalue weighted by molar-refractivity contribution is 0.0506. The Bertz CT molecular complexity index is 654. The molecule has 0 bridgehead atoms. The zero-order chi connectivity index (χ0) is 16.1. The normalized spacial score (nSPS) is 17.1. The summed E-state index contributed by atoms with van der Waals surface area (Å²) < 4.78 is 5.67. The molecule has 1 aromatic carbocycles. The summed E-state index contributed by atoms with van der Waals surface area (Å²) in [5.74, 6) is 0.124. The third-order valence-corrected chi connectivity index (χ3v) is 4.02. The Morgan fingerprint density at radius 1 is 1.26 bits per heavy atom. The first-order chi connectivity index (χ1) is 11.2. The monoisotopic (exact) mass is 312 g/mol. The summed E-state index contributed by atoms with van der Waals surface area (Å²) in [6.45, 7) is 1.63. The summed E-state index contributed by atoms with van der Waals surface area (Å²) in [6, 6.07) is 10.5. The lowest BCUT2D eigenvalue weighted by atomic mass is 10.1. The van der Waals surface area contributed by atoms with Gasteiger partial charge >= 0.3 is 0 Å². The second-order valence-electron chi connectivity index (χ2n) is 5.69. The molecule has 1 amide bonds. The van der Waals surface area contributed by atoms with Crippen LogP contribution in [0, 0.1) is 0 Å². The molecule has 1 aliphatic rings. The number of hydrogen-bond acceptors (Lipinski definition) is 4. The Kier molecular flexibility index (Phi) is 4.88. The van der Waals surface area contributed by atoms with E-state index < -0.39 is 0 Å². The molecule has 5 heteroatoms. The van der Waals surface area contributed by atoms with Gasteiger partial charge < -0.3 is 14.7 Å². The fourth-order valence-electron chi connectivity index (χ4n) is 2.78. The van der Waals surface area contributed by atoms with E-state index in [9.17, 15) is 9.90 Å². The minimum atomic E-state index is -0.0776. The van der Waals surface area contributed by atoms with Crippen LogP contribution in [0.4, 0.5) is 0 Å². The van der Waals surface area contributed by atoms with Crippen molar-refractivity contribution in [2.24, 2.45) is 0 Å². The van der Waals surface area contributed by atoms with E-state index in [1.54, 1.807) is 41.6 Å². The van der Waals surface area contributed by atoms with Crippen molar-refractivity contribution in [2.45, 2.75) is 25.5 Å². The Hall–Kier alpha value is -2.40. The van der Waals surface area contributed by atoms with Crippen LogP contribution in [0.15, 0.2) is 48.8 Å². The van der Waals surface area contributed by atoms with E-state index in [-0.39, 0.29) is 17.8 Å². The van der Waals surface area contributed by atoms with Crippen LogP contribution in [0.2, 0.25) is 0 Å². The molecule has 120 valence electrons. The summed E-state index contributed by atoms with van der Waals surface area (Å²) >= 11 is 0. The SMILES string of the molecule is O=C(c1ccncc1)N(Cc1ccccc1O)C[C@@H]1CCCO1. The first-order valence-electron chi connectivity index (χ1n) is 7.82. The summed E-state index contributed by atoms with van der Waals surface area (Å²) in [4.78, 5) is 18.5. The zero-order valence-corrected chi connectivity index (χ0v) is 12.9. The molecule has 23 heavy (non-hydrogen) atoms. The average Bonchev–Trinajstić information content (AvgIpc) is 3.09. The standard InChI is InChI=1S/C18H20N2O3/c21-17-6-2-1-4-15(17)12-20(13-16-5-3-11-23-16)18(22)14-7-9-19-10-8-14/h1-2,4,6-10,16,21H,3,5,11-13H2/t16-/m0/s1. The van der Waals surface area contributed by atoms with Gasteiger partial charge in [-0.2, -0.15) is 0 Å². The van der Waals surface area contributed by atoms with Crippen molar-refractivity contribution in [1.29, 1.82) is 0 Å². The molecule has 0 unspecified atom stereocenters. The summed E-state index contributed by atoms with van der Waals surface area (Å²) in [5, 5.41) is 9.99. The van der Waals surface area contributed by atoms with Crippen LogP contribution in [0.1, 0.15) is 28.8 Å². The fraction of sp³-hybridized carbons (Fsp3) is 0.333. The third kappa shape index (κ3) is 3.87. The Labute approximate surface area is 135 Å². The van der Waals surface area contributed by atoms with Crippen molar-refractivity contribution in [3.8, 4) is 5.75 Å². The van der Waals surface area contributed by atoms with Gasteiger partial charge in [-0.25, -0.2) is 0 Å². The topological polar surface area (TPSA) is 62.7 Å². The van der Waals surface area contributed by atoms with Crippen molar-refractivity contribution in [3.63, 3.8) is 0 Å². The van der Waals surface area contributed by atoms with Crippen LogP contribution >= 0.6 is 0 Å². The Balaban J connectivity index is 1.81. The number of pyridine rings is 1. The highest BCUT2D eigenvalue weighted by atomic mass is 16.5. The quantitative estimate of drug-likeness (QED) is 0.922. The lowest BCUT2D eigenvalue weighted by Crippen LogP contribution is -2.37. The smallest absolute Gasteiger partial charge is 0.254 e. The van der Waals surface area contributed by atoms with Crippen LogP contribution in [-0.2, 0) is 11.3 Å². The molecule has 3 rings (SSSR count). The number of phenolic OH excluding ortho intramolecular Hbond substituents is 1. The van der Waals surface area contributed by atoms with Crippen LogP contribution < -0.4 is 0 Å². The molecule has 0 radical (unpaired) electrons. The molecule has 1 saturated heterocycles. The van der Waals surface area contributed by atoms with Gasteiger partial charge in [0.25, 0.3) is 5.91 Å². The largest absolute Gasteiger partial charge is 0.508 e. The molecule has 2 aromatic rings. The summed E-state index contributed by atoms with van der Waals surface area (Å²) in [7, 11) is 0. The molecule has 0 aliphatic carbocycles. The highest BCUT2D eigenvalue weighted by molar-refractivity contribution is 5.94. The maximum atomic E-state index is 12.8. The van der Waals surface area contributed by atoms with Crippen molar-refractivity contribution in [3.05, 3.63) is 59.9 Å². The number of benzene rings is 1. The predicted molar refractivity (Wildman–Crippen MR) is 86.1 cm³/mol. The summed E-state index contributed by atoms with van der Waals surface area (Å²) in [5.41, 5.74) is 1.32. The molecule has 1 N–H and O–H groups in total. The third-order valence-electron chi connectivity index (χ3n) is 4.02. The number of carbonyl (C=O) groups is 1. The number of rotatable bonds is 5. The van der Waals surface area contributed by atoms with Gasteiger partial charge in [0.2, 0.25) is 0 Å². The van der Waals surface area contributed by atoms with Gasteiger partial charge in [-0.15, -0.1) is 0 Å². The van der Waals surface area contributed by atoms with Gasteiger partial charge in [0.15, 0.2) is 0 Å². The Morgan fingerprint density at radius 3 is 2.74 bits per heavy atom. The molecule has 0 saturated carbocycles. The van der Waals surface area contributed by atoms with E-state index in [2.05, 4.69) is 4.98 Å². The van der Waals surface area contributed by atoms with Gasteiger partial charge in [-0.3, -0.25) is 9.78 Å². The maximum absolute atomic E-state index is 12.8. The average molecular weight is 312 g/mol. The number of carbonyl (C=O) groups excluding carboxylic acids is 1. The lowest BCUT2D eigenvalue weighted by Gasteiger charge is -2.26. The number of amides is 1. The van der Waals surface area contributed by atoms with Gasteiger partial charge in [0.1, 0.15) is 5.75 Å². The minimum Gasteiger partial charge on any atom is -0.508 e. The first kappa shape index (κ1) is 15.5. The van der Waals surface area contributed by atoms with Crippen LogP contribution in [0.25, 0.3) is 0 Å². The van der Waals surface area contributed by atoms with Crippen molar-refractivity contribution in [1.82, 2.24) is 9.88 Å². The molecule has 1 fully saturated rings. The van der Waals surface area contributed by atoms with Crippen LogP contribution in [0.5, 0.6) is 5.75 Å². The number of nitrogens with zero attached hydrogens (tertiary/aromatic N) is 2. The molecule has 1 atom stereocenters. The molecule has 0 spiro atoms. The Morgan fingerprint density at radius 2 is 2.04 bits per heavy atom. The van der Waals surface area contributed by atoms with Crippen LogP contribution in [0.3, 0.4) is 0 Å². The minimum absolute atomic E-state index is 0.0617. The van der Waals surface area contributed by atoms with Crippen molar-refractivity contribution >= 4 is 5.91 Å². The molecule has 1 aromatic heterocycles. The number of aromatic nitrogens is 1. The maximum Gasteiger partial charge on any atom is 0.254 e. The van der Waals surface area contributed by atoms with Crippen LogP contribution in [-0.4, -0.2) is 40.2 Å². The molecule has 1 aliphatic heterocycles. The van der Waals surface area contributed by atoms with Gasteiger partial charge in [0, 0.05) is 43.2 Å². The predicted octanol–water partition coefficient (Wildman–Crippen LogP) is 2.61. The van der Waals surface area contributed by atoms with E-state index in [1.165, 1.54) is 0 Å². The molecular formula is C18H20N2O3. The fourth-order valence-corrected chi connectivity index (χ4v) is 2.78. The number of ether oxygens (including phenoxy) is 1.